The van der Waals surface area contributed by atoms with Crippen molar-refractivity contribution in [2.45, 2.75) is 19.9 Å². The molecule has 0 fully saturated rings. The molecule has 0 aliphatic heterocycles. The molecule has 3 aromatic rings. The van der Waals surface area contributed by atoms with Crippen LogP contribution in [-0.2, 0) is 17.8 Å². The summed E-state index contributed by atoms with van der Waals surface area (Å²) in [4.78, 5) is 11.6. The highest BCUT2D eigenvalue weighted by molar-refractivity contribution is 5.85. The number of likely N-dealkylation sites (N-methyl/N-ethyl adjacent to an activating group) is 1. The Kier molecular flexibility index (Phi) is 7.47. The Morgan fingerprint density at radius 1 is 1.00 bits per heavy atom. The van der Waals surface area contributed by atoms with Crippen LogP contribution in [0.3, 0.4) is 0 Å². The van der Waals surface area contributed by atoms with Gasteiger partial charge in [0.05, 0.1) is 7.11 Å². The molecular formula is C24H28N2O3. The van der Waals surface area contributed by atoms with Gasteiger partial charge in [-0.2, -0.15) is 0 Å². The van der Waals surface area contributed by atoms with E-state index < -0.39 is 0 Å². The van der Waals surface area contributed by atoms with E-state index in [4.69, 9.17) is 9.47 Å². The molecule has 0 saturated heterocycles. The number of carbonyl (C=O) groups excluding carboxylic acids is 1. The quantitative estimate of drug-likeness (QED) is 0.517. The van der Waals surface area contributed by atoms with Crippen molar-refractivity contribution in [3.63, 3.8) is 0 Å². The third-order valence-electron chi connectivity index (χ3n) is 4.74. The summed E-state index contributed by atoms with van der Waals surface area (Å²) < 4.78 is 11.0. The monoisotopic (exact) mass is 392 g/mol. The van der Waals surface area contributed by atoms with Crippen LogP contribution in [0, 0.1) is 0 Å². The van der Waals surface area contributed by atoms with E-state index in [2.05, 4.69) is 53.1 Å². The van der Waals surface area contributed by atoms with E-state index >= 15 is 0 Å². The molecule has 0 atom stereocenters. The van der Waals surface area contributed by atoms with Gasteiger partial charge in [0, 0.05) is 13.1 Å². The van der Waals surface area contributed by atoms with Crippen LogP contribution in [0.2, 0.25) is 0 Å². The van der Waals surface area contributed by atoms with Crippen molar-refractivity contribution in [1.82, 2.24) is 10.6 Å². The van der Waals surface area contributed by atoms with Gasteiger partial charge in [0.15, 0.2) is 18.1 Å². The van der Waals surface area contributed by atoms with Crippen molar-refractivity contribution in [1.29, 1.82) is 0 Å². The minimum Gasteiger partial charge on any atom is -0.493 e. The van der Waals surface area contributed by atoms with Gasteiger partial charge in [0.2, 0.25) is 0 Å². The van der Waals surface area contributed by atoms with E-state index in [-0.39, 0.29) is 12.5 Å². The van der Waals surface area contributed by atoms with Crippen LogP contribution >= 0.6 is 0 Å². The Morgan fingerprint density at radius 2 is 1.83 bits per heavy atom. The molecule has 2 N–H and O–H groups in total. The van der Waals surface area contributed by atoms with E-state index in [1.807, 2.05) is 25.1 Å². The van der Waals surface area contributed by atoms with E-state index in [0.29, 0.717) is 18.0 Å². The lowest BCUT2D eigenvalue weighted by atomic mass is 10.0. The van der Waals surface area contributed by atoms with Gasteiger partial charge in [0.25, 0.3) is 5.91 Å². The fraction of sp³-hybridized carbons (Fsp3) is 0.292. The summed E-state index contributed by atoms with van der Waals surface area (Å²) in [5.74, 6) is 1.05. The number of carbonyl (C=O) groups is 1. The number of rotatable bonds is 10. The van der Waals surface area contributed by atoms with Crippen molar-refractivity contribution in [3.05, 3.63) is 71.8 Å². The summed E-state index contributed by atoms with van der Waals surface area (Å²) in [6.07, 6.45) is 0.965. The summed E-state index contributed by atoms with van der Waals surface area (Å²) in [7, 11) is 1.60. The molecule has 0 heterocycles. The molecule has 0 aromatic heterocycles. The Labute approximate surface area is 172 Å². The second-order valence-corrected chi connectivity index (χ2v) is 6.79. The first-order valence-electron chi connectivity index (χ1n) is 9.95. The minimum absolute atomic E-state index is 0.0210. The van der Waals surface area contributed by atoms with Crippen LogP contribution in [0.15, 0.2) is 60.7 Å². The fourth-order valence-corrected chi connectivity index (χ4v) is 3.30. The molecule has 0 bridgehead atoms. The largest absolute Gasteiger partial charge is 0.493 e. The van der Waals surface area contributed by atoms with Crippen molar-refractivity contribution in [3.8, 4) is 11.5 Å². The first-order chi connectivity index (χ1) is 14.2. The van der Waals surface area contributed by atoms with Crippen molar-refractivity contribution in [2.75, 3.05) is 26.8 Å². The lowest BCUT2D eigenvalue weighted by molar-refractivity contribution is -0.123. The van der Waals surface area contributed by atoms with Crippen LogP contribution in [0.1, 0.15) is 18.1 Å². The van der Waals surface area contributed by atoms with Crippen LogP contribution in [0.5, 0.6) is 11.5 Å². The van der Waals surface area contributed by atoms with Crippen LogP contribution in [-0.4, -0.2) is 32.7 Å². The van der Waals surface area contributed by atoms with Gasteiger partial charge in [-0.05, 0) is 53.9 Å². The van der Waals surface area contributed by atoms with Crippen LogP contribution < -0.4 is 20.1 Å². The van der Waals surface area contributed by atoms with Gasteiger partial charge < -0.3 is 20.1 Å². The Bertz CT molecular complexity index is 951. The van der Waals surface area contributed by atoms with Gasteiger partial charge in [0.1, 0.15) is 0 Å². The molecule has 0 aliphatic rings. The number of nitrogens with one attached hydrogen (secondary N) is 2. The molecule has 29 heavy (non-hydrogen) atoms. The summed E-state index contributed by atoms with van der Waals surface area (Å²) in [6, 6.07) is 20.7. The minimum atomic E-state index is -0.145. The molecule has 5 heteroatoms. The summed E-state index contributed by atoms with van der Waals surface area (Å²) >= 11 is 0. The zero-order chi connectivity index (χ0) is 20.5. The molecule has 152 valence electrons. The molecule has 3 aromatic carbocycles. The summed E-state index contributed by atoms with van der Waals surface area (Å²) in [6.45, 7) is 4.06. The molecule has 3 rings (SSSR count). The van der Waals surface area contributed by atoms with Crippen molar-refractivity contribution in [2.24, 2.45) is 0 Å². The predicted octanol–water partition coefficient (Wildman–Crippen LogP) is 3.70. The smallest absolute Gasteiger partial charge is 0.257 e. The van der Waals surface area contributed by atoms with E-state index in [0.717, 1.165) is 25.1 Å². The van der Waals surface area contributed by atoms with Crippen LogP contribution in [0.4, 0.5) is 0 Å². The average Bonchev–Trinajstić information content (AvgIpc) is 2.76. The summed E-state index contributed by atoms with van der Waals surface area (Å²) in [5, 5.41) is 8.79. The van der Waals surface area contributed by atoms with Gasteiger partial charge in [-0.3, -0.25) is 4.79 Å². The molecule has 0 radical (unpaired) electrons. The number of ether oxygens (including phenoxy) is 2. The average molecular weight is 392 g/mol. The molecule has 0 aliphatic carbocycles. The van der Waals surface area contributed by atoms with Crippen molar-refractivity contribution < 1.29 is 14.3 Å². The Hall–Kier alpha value is -3.05. The summed E-state index contributed by atoms with van der Waals surface area (Å²) in [5.41, 5.74) is 2.45. The number of benzene rings is 3. The third kappa shape index (κ3) is 5.72. The van der Waals surface area contributed by atoms with Gasteiger partial charge in [-0.1, -0.05) is 48.5 Å². The van der Waals surface area contributed by atoms with E-state index in [1.165, 1.54) is 16.3 Å². The van der Waals surface area contributed by atoms with Crippen LogP contribution in [0.25, 0.3) is 10.8 Å². The molecule has 0 spiro atoms. The Morgan fingerprint density at radius 3 is 2.66 bits per heavy atom. The van der Waals surface area contributed by atoms with Crippen molar-refractivity contribution >= 4 is 16.7 Å². The number of amides is 1. The number of methoxy groups -OCH3 is 1. The molecule has 0 saturated carbocycles. The number of fused-ring (bicyclic) bond motifs is 1. The highest BCUT2D eigenvalue weighted by atomic mass is 16.5. The lowest BCUT2D eigenvalue weighted by Crippen LogP contribution is -2.28. The lowest BCUT2D eigenvalue weighted by Gasteiger charge is -2.13. The zero-order valence-electron chi connectivity index (χ0n) is 17.0. The van der Waals surface area contributed by atoms with E-state index in [1.54, 1.807) is 7.11 Å². The van der Waals surface area contributed by atoms with Gasteiger partial charge in [-0.25, -0.2) is 0 Å². The van der Waals surface area contributed by atoms with Gasteiger partial charge in [-0.15, -0.1) is 0 Å². The zero-order valence-corrected chi connectivity index (χ0v) is 17.0. The maximum absolute atomic E-state index is 11.6. The standard InChI is InChI=1S/C24H28N2O3/c1-3-26-24(27)17-29-22-12-11-18(15-23(22)28-2)16-25-14-13-20-9-6-8-19-7-4-5-10-21(19)20/h4-12,15,25H,3,13-14,16-17H2,1-2H3,(H,26,27). The highest BCUT2D eigenvalue weighted by Crippen LogP contribution is 2.28. The molecule has 1 amide bonds. The number of hydrogen-bond donors (Lipinski definition) is 2. The van der Waals surface area contributed by atoms with E-state index in [9.17, 15) is 4.79 Å². The normalized spacial score (nSPS) is 10.7. The maximum atomic E-state index is 11.6. The molecule has 5 nitrogen and oxygen atoms in total. The molecule has 0 unspecified atom stereocenters. The second kappa shape index (κ2) is 10.5. The maximum Gasteiger partial charge on any atom is 0.257 e. The Balaban J connectivity index is 1.53. The first kappa shape index (κ1) is 20.7. The SMILES string of the molecule is CCNC(=O)COc1ccc(CNCCc2cccc3ccccc23)cc1OC. The fourth-order valence-electron chi connectivity index (χ4n) is 3.30. The van der Waals surface area contributed by atoms with Gasteiger partial charge >= 0.3 is 0 Å². The number of hydrogen-bond acceptors (Lipinski definition) is 4. The highest BCUT2D eigenvalue weighted by Gasteiger charge is 2.08. The topological polar surface area (TPSA) is 59.6 Å². The first-order valence-corrected chi connectivity index (χ1v) is 9.95. The predicted molar refractivity (Wildman–Crippen MR) is 117 cm³/mol. The molecular weight excluding hydrogens is 364 g/mol. The second-order valence-electron chi connectivity index (χ2n) is 6.79. The third-order valence-corrected chi connectivity index (χ3v) is 4.74.